The van der Waals surface area contributed by atoms with Crippen LogP contribution in [-0.4, -0.2) is 24.6 Å². The Hall–Kier alpha value is -1.18. The topological polar surface area (TPSA) is 12.5 Å². The van der Waals surface area contributed by atoms with E-state index in [0.717, 1.165) is 31.9 Å². The van der Waals surface area contributed by atoms with Gasteiger partial charge in [0, 0.05) is 6.54 Å². The summed E-state index contributed by atoms with van der Waals surface area (Å²) in [7, 11) is 0. The molecule has 15 heavy (non-hydrogen) atoms. The van der Waals surface area contributed by atoms with Gasteiger partial charge in [-0.15, -0.1) is 0 Å². The zero-order chi connectivity index (χ0) is 11.1. The van der Waals surface area contributed by atoms with E-state index < -0.39 is 0 Å². The molecule has 0 fully saturated rings. The van der Waals surface area contributed by atoms with Gasteiger partial charge in [0.05, 0.1) is 12.2 Å². The Kier molecular flexibility index (Phi) is 5.02. The first-order valence-corrected chi connectivity index (χ1v) is 5.87. The van der Waals surface area contributed by atoms with Crippen molar-refractivity contribution in [1.29, 1.82) is 0 Å². The molecule has 1 aliphatic heterocycles. The number of hydrogen-bond donors (Lipinski definition) is 0. The highest BCUT2D eigenvalue weighted by Crippen LogP contribution is 2.21. The molecule has 0 radical (unpaired) electrons. The Morgan fingerprint density at radius 3 is 2.73 bits per heavy atom. The summed E-state index contributed by atoms with van der Waals surface area (Å²) in [4.78, 5) is 2.35. The zero-order valence-corrected chi connectivity index (χ0v) is 9.99. The molecule has 2 aliphatic rings. The normalized spacial score (nSPS) is 18.7. The molecule has 0 aromatic carbocycles. The molecule has 0 unspecified atom stereocenters. The van der Waals surface area contributed by atoms with E-state index in [2.05, 4.69) is 36.1 Å². The van der Waals surface area contributed by atoms with Gasteiger partial charge in [-0.05, 0) is 25.5 Å². The van der Waals surface area contributed by atoms with Crippen molar-refractivity contribution in [3.05, 3.63) is 35.8 Å². The van der Waals surface area contributed by atoms with Crippen molar-refractivity contribution < 1.29 is 4.74 Å². The van der Waals surface area contributed by atoms with Gasteiger partial charge in [-0.3, -0.25) is 0 Å². The average Bonchev–Trinajstić information content (AvgIpc) is 2.56. The summed E-state index contributed by atoms with van der Waals surface area (Å²) in [5.41, 5.74) is 1.24. The van der Waals surface area contributed by atoms with Crippen molar-refractivity contribution in [2.24, 2.45) is 0 Å². The molecule has 2 nitrogen and oxygen atoms in total. The number of allylic oxidation sites excluding steroid dienone is 4. The predicted molar refractivity (Wildman–Crippen MR) is 64.5 cm³/mol. The minimum atomic E-state index is 0.810. The summed E-state index contributed by atoms with van der Waals surface area (Å²) >= 11 is 0. The number of nitrogens with zero attached hydrogens (tertiary/aromatic N) is 1. The lowest BCUT2D eigenvalue weighted by Crippen LogP contribution is -2.31. The van der Waals surface area contributed by atoms with Gasteiger partial charge in [0.2, 0.25) is 0 Å². The van der Waals surface area contributed by atoms with E-state index >= 15 is 0 Å². The fraction of sp³-hybridized carbons (Fsp3) is 0.538. The maximum absolute atomic E-state index is 5.59. The van der Waals surface area contributed by atoms with Crippen molar-refractivity contribution in [2.75, 3.05) is 19.7 Å². The lowest BCUT2D eigenvalue weighted by molar-refractivity contribution is 0.146. The second-order valence-corrected chi connectivity index (χ2v) is 3.22. The second kappa shape index (κ2) is 6.33. The summed E-state index contributed by atoms with van der Waals surface area (Å²) in [5, 5.41) is 0. The molecule has 84 valence electrons. The third kappa shape index (κ3) is 2.88. The average molecular weight is 207 g/mol. The van der Waals surface area contributed by atoms with Crippen molar-refractivity contribution in [3.8, 4) is 0 Å². The number of ether oxygens (including phenoxy) is 1. The Morgan fingerprint density at radius 2 is 2.00 bits per heavy atom. The lowest BCUT2D eigenvalue weighted by Gasteiger charge is -2.30. The van der Waals surface area contributed by atoms with Crippen LogP contribution in [0.5, 0.6) is 0 Å². The van der Waals surface area contributed by atoms with E-state index in [1.165, 1.54) is 5.70 Å². The molecule has 0 aromatic rings. The van der Waals surface area contributed by atoms with Crippen molar-refractivity contribution in [2.45, 2.75) is 27.2 Å². The van der Waals surface area contributed by atoms with Crippen molar-refractivity contribution >= 4 is 0 Å². The Bertz CT molecular complexity index is 276. The van der Waals surface area contributed by atoms with Crippen LogP contribution in [0.3, 0.4) is 0 Å². The van der Waals surface area contributed by atoms with E-state index in [1.807, 2.05) is 13.8 Å². The fourth-order valence-corrected chi connectivity index (χ4v) is 1.70. The molecule has 1 aliphatic carbocycles. The van der Waals surface area contributed by atoms with Crippen LogP contribution in [0.2, 0.25) is 0 Å². The Balaban J connectivity index is 0.000000531. The summed E-state index contributed by atoms with van der Waals surface area (Å²) in [6.07, 6.45) is 9.57. The minimum Gasteiger partial charge on any atom is -0.490 e. The molecule has 2 rings (SSSR count). The van der Waals surface area contributed by atoms with Gasteiger partial charge >= 0.3 is 0 Å². The number of rotatable bonds is 1. The summed E-state index contributed by atoms with van der Waals surface area (Å²) in [6, 6.07) is 0. The summed E-state index contributed by atoms with van der Waals surface area (Å²) in [5.74, 6) is 1.03. The minimum absolute atomic E-state index is 0.810. The maximum atomic E-state index is 5.59. The molecule has 0 saturated heterocycles. The molecule has 0 N–H and O–H groups in total. The standard InChI is InChI=1S/C11H15NO.C2H6/c1-2-12-8-9-13-11-7-5-3-4-6-10(11)12;1-2/h4-7H,2-3,8-9H2,1H3;1-2H3. The van der Waals surface area contributed by atoms with Gasteiger partial charge in [-0.25, -0.2) is 0 Å². The quantitative estimate of drug-likeness (QED) is 0.655. The fourth-order valence-electron chi connectivity index (χ4n) is 1.70. The van der Waals surface area contributed by atoms with Gasteiger partial charge in [0.25, 0.3) is 0 Å². The summed E-state index contributed by atoms with van der Waals surface area (Å²) < 4.78 is 5.59. The highest BCUT2D eigenvalue weighted by molar-refractivity contribution is 5.32. The molecule has 0 bridgehead atoms. The van der Waals surface area contributed by atoms with Crippen LogP contribution < -0.4 is 0 Å². The molecule has 1 heterocycles. The highest BCUT2D eigenvalue weighted by atomic mass is 16.5. The van der Waals surface area contributed by atoms with Gasteiger partial charge in [0.1, 0.15) is 12.4 Å². The van der Waals surface area contributed by atoms with Crippen molar-refractivity contribution in [3.63, 3.8) is 0 Å². The van der Waals surface area contributed by atoms with Crippen LogP contribution in [0.15, 0.2) is 35.8 Å². The maximum Gasteiger partial charge on any atom is 0.142 e. The Morgan fingerprint density at radius 1 is 1.27 bits per heavy atom. The third-order valence-corrected chi connectivity index (χ3v) is 2.41. The first-order chi connectivity index (χ1) is 7.42. The molecule has 0 amide bonds. The van der Waals surface area contributed by atoms with Crippen LogP contribution >= 0.6 is 0 Å². The van der Waals surface area contributed by atoms with E-state index in [-0.39, 0.29) is 0 Å². The van der Waals surface area contributed by atoms with Gasteiger partial charge in [-0.2, -0.15) is 0 Å². The number of hydrogen-bond acceptors (Lipinski definition) is 2. The molecular formula is C13H21NO. The summed E-state index contributed by atoms with van der Waals surface area (Å²) in [6.45, 7) is 9.05. The van der Waals surface area contributed by atoms with Gasteiger partial charge in [-0.1, -0.05) is 26.0 Å². The van der Waals surface area contributed by atoms with Crippen LogP contribution in [0.4, 0.5) is 0 Å². The largest absolute Gasteiger partial charge is 0.490 e. The molecule has 2 heteroatoms. The van der Waals surface area contributed by atoms with Crippen LogP contribution in [0, 0.1) is 0 Å². The van der Waals surface area contributed by atoms with Crippen LogP contribution in [0.25, 0.3) is 0 Å². The molecular weight excluding hydrogens is 186 g/mol. The van der Waals surface area contributed by atoms with E-state index in [0.29, 0.717) is 0 Å². The molecule has 0 atom stereocenters. The monoisotopic (exact) mass is 207 g/mol. The SMILES string of the molecule is CC.CCN1CCOC2=C1C=CCC=C2. The second-order valence-electron chi connectivity index (χ2n) is 3.22. The van der Waals surface area contributed by atoms with E-state index in [4.69, 9.17) is 4.74 Å². The first kappa shape index (κ1) is 11.9. The molecule has 0 saturated carbocycles. The third-order valence-electron chi connectivity index (χ3n) is 2.41. The molecule has 0 aromatic heterocycles. The van der Waals surface area contributed by atoms with E-state index in [1.54, 1.807) is 0 Å². The van der Waals surface area contributed by atoms with Crippen LogP contribution in [-0.2, 0) is 4.74 Å². The molecule has 0 spiro atoms. The van der Waals surface area contributed by atoms with E-state index in [9.17, 15) is 0 Å². The number of likely N-dealkylation sites (N-methyl/N-ethyl adjacent to an activating group) is 1. The predicted octanol–water partition coefficient (Wildman–Crippen LogP) is 3.09. The van der Waals surface area contributed by atoms with Gasteiger partial charge in [0.15, 0.2) is 0 Å². The smallest absolute Gasteiger partial charge is 0.142 e. The zero-order valence-electron chi connectivity index (χ0n) is 9.99. The van der Waals surface area contributed by atoms with Gasteiger partial charge < -0.3 is 9.64 Å². The lowest BCUT2D eigenvalue weighted by atomic mass is 10.2. The Labute approximate surface area is 92.9 Å². The first-order valence-electron chi connectivity index (χ1n) is 5.87. The van der Waals surface area contributed by atoms with Crippen LogP contribution in [0.1, 0.15) is 27.2 Å². The highest BCUT2D eigenvalue weighted by Gasteiger charge is 2.16. The van der Waals surface area contributed by atoms with Crippen molar-refractivity contribution in [1.82, 2.24) is 4.90 Å².